The maximum Gasteiger partial charge on any atom is 0.358 e. The Morgan fingerprint density at radius 1 is 1.27 bits per heavy atom. The Labute approximate surface area is 180 Å². The number of thiophene rings is 1. The van der Waals surface area contributed by atoms with Crippen LogP contribution in [0.4, 0.5) is 5.00 Å². The van der Waals surface area contributed by atoms with Crippen molar-refractivity contribution in [1.29, 1.82) is 0 Å². The Kier molecular flexibility index (Phi) is 5.26. The minimum absolute atomic E-state index is 0.0565. The molecule has 8 heteroatoms. The lowest BCUT2D eigenvalue weighted by molar-refractivity contribution is 0.0519. The molecule has 1 atom stereocenters. The molecule has 2 fully saturated rings. The van der Waals surface area contributed by atoms with E-state index in [1.165, 1.54) is 36.1 Å². The van der Waals surface area contributed by atoms with Crippen LogP contribution in [0.3, 0.4) is 0 Å². The molecule has 0 unspecified atom stereocenters. The summed E-state index contributed by atoms with van der Waals surface area (Å²) >= 11 is 1.75. The van der Waals surface area contributed by atoms with Crippen LogP contribution in [0.1, 0.15) is 76.4 Å². The molecule has 2 aromatic heterocycles. The smallest absolute Gasteiger partial charge is 0.358 e. The first-order chi connectivity index (χ1) is 14.6. The molecule has 2 saturated carbocycles. The third-order valence-electron chi connectivity index (χ3n) is 6.13. The van der Waals surface area contributed by atoms with Gasteiger partial charge in [0, 0.05) is 29.7 Å². The molecular weight excluding hydrogens is 400 g/mol. The van der Waals surface area contributed by atoms with E-state index in [0.717, 1.165) is 36.4 Å². The van der Waals surface area contributed by atoms with Crippen molar-refractivity contribution >= 4 is 28.2 Å². The summed E-state index contributed by atoms with van der Waals surface area (Å²) in [6.45, 7) is 2.90. The number of nitrogens with one attached hydrogen (secondary N) is 2. The van der Waals surface area contributed by atoms with E-state index in [2.05, 4.69) is 15.6 Å². The van der Waals surface area contributed by atoms with Crippen molar-refractivity contribution in [3.63, 3.8) is 0 Å². The summed E-state index contributed by atoms with van der Waals surface area (Å²) in [5.41, 5.74) is 2.35. The fraction of sp³-hybridized carbons (Fsp3) is 0.591. The number of ether oxygens (including phenoxy) is 1. The molecule has 30 heavy (non-hydrogen) atoms. The van der Waals surface area contributed by atoms with Crippen molar-refractivity contribution in [3.05, 3.63) is 34.2 Å². The lowest BCUT2D eigenvalue weighted by Gasteiger charge is -2.24. The number of amides is 1. The second kappa shape index (κ2) is 8.06. The van der Waals surface area contributed by atoms with Crippen molar-refractivity contribution in [2.75, 3.05) is 18.5 Å². The van der Waals surface area contributed by atoms with Gasteiger partial charge in [0.25, 0.3) is 5.91 Å². The Morgan fingerprint density at radius 2 is 2.10 bits per heavy atom. The highest BCUT2D eigenvalue weighted by Gasteiger charge is 2.33. The molecule has 0 spiro atoms. The molecule has 3 aliphatic rings. The topological polar surface area (TPSA) is 85.2 Å². The average molecular weight is 429 g/mol. The summed E-state index contributed by atoms with van der Waals surface area (Å²) in [6, 6.07) is 0.697. The van der Waals surface area contributed by atoms with Gasteiger partial charge in [-0.3, -0.25) is 4.79 Å². The molecule has 2 aromatic rings. The number of imidazole rings is 1. The number of carbonyl (C=O) groups excluding carboxylic acids is 2. The zero-order valence-electron chi connectivity index (χ0n) is 17.3. The zero-order chi connectivity index (χ0) is 20.7. The van der Waals surface area contributed by atoms with E-state index in [1.54, 1.807) is 30.8 Å². The Hall–Kier alpha value is -2.35. The molecule has 3 aliphatic carbocycles. The van der Waals surface area contributed by atoms with Crippen LogP contribution in [-0.4, -0.2) is 40.6 Å². The fourth-order valence-electron chi connectivity index (χ4n) is 4.07. The number of anilines is 1. The average Bonchev–Trinajstić information content (AvgIpc) is 3.65. The van der Waals surface area contributed by atoms with Gasteiger partial charge in [-0.25, -0.2) is 9.78 Å². The van der Waals surface area contributed by atoms with Gasteiger partial charge in [-0.1, -0.05) is 0 Å². The maximum absolute atomic E-state index is 13.1. The number of hydrogen-bond donors (Lipinski definition) is 2. The van der Waals surface area contributed by atoms with Crippen LogP contribution in [0.2, 0.25) is 0 Å². The highest BCUT2D eigenvalue weighted by molar-refractivity contribution is 7.16. The summed E-state index contributed by atoms with van der Waals surface area (Å²) in [7, 11) is 0. The lowest BCUT2D eigenvalue weighted by atomic mass is 9.91. The van der Waals surface area contributed by atoms with Crippen LogP contribution in [0.25, 0.3) is 0 Å². The number of nitrogens with zero attached hydrogens (tertiary/aromatic N) is 2. The predicted molar refractivity (Wildman–Crippen MR) is 115 cm³/mol. The standard InChI is InChI=1S/C22H28N4O3S/c1-2-29-22(28)17-11-26(12-24-17)15-7-8-18-16(9-15)19(20(27)23-10-13-3-4-13)21(30-18)25-14-5-6-14/h11-15,25H,2-10H2,1H3,(H,23,27)/t15-/m0/s1. The number of aryl methyl sites for hydroxylation is 1. The second-order valence-electron chi connectivity index (χ2n) is 8.60. The number of aromatic nitrogens is 2. The van der Waals surface area contributed by atoms with Crippen LogP contribution >= 0.6 is 11.3 Å². The van der Waals surface area contributed by atoms with Crippen LogP contribution in [-0.2, 0) is 17.6 Å². The molecule has 0 aromatic carbocycles. The Bertz CT molecular complexity index is 958. The largest absolute Gasteiger partial charge is 0.461 e. The van der Waals surface area contributed by atoms with Gasteiger partial charge in [-0.15, -0.1) is 11.3 Å². The molecule has 5 rings (SSSR count). The molecule has 0 saturated heterocycles. The molecule has 2 heterocycles. The number of rotatable bonds is 8. The first-order valence-electron chi connectivity index (χ1n) is 11.0. The number of fused-ring (bicyclic) bond motifs is 1. The van der Waals surface area contributed by atoms with Gasteiger partial charge in [0.1, 0.15) is 5.00 Å². The van der Waals surface area contributed by atoms with Crippen molar-refractivity contribution in [1.82, 2.24) is 14.9 Å². The van der Waals surface area contributed by atoms with Gasteiger partial charge in [0.2, 0.25) is 0 Å². The highest BCUT2D eigenvalue weighted by atomic mass is 32.1. The summed E-state index contributed by atoms with van der Waals surface area (Å²) in [4.78, 5) is 30.6. The van der Waals surface area contributed by atoms with E-state index in [4.69, 9.17) is 4.74 Å². The van der Waals surface area contributed by atoms with E-state index in [9.17, 15) is 9.59 Å². The van der Waals surface area contributed by atoms with E-state index >= 15 is 0 Å². The van der Waals surface area contributed by atoms with Gasteiger partial charge in [0.15, 0.2) is 5.69 Å². The van der Waals surface area contributed by atoms with Crippen LogP contribution in [0, 0.1) is 5.92 Å². The van der Waals surface area contributed by atoms with Crippen molar-refractivity contribution in [2.24, 2.45) is 5.92 Å². The van der Waals surface area contributed by atoms with E-state index in [0.29, 0.717) is 24.3 Å². The molecule has 1 amide bonds. The molecule has 0 aliphatic heterocycles. The van der Waals surface area contributed by atoms with E-state index in [-0.39, 0.29) is 17.9 Å². The Morgan fingerprint density at radius 3 is 2.83 bits per heavy atom. The SMILES string of the molecule is CCOC(=O)c1cn([C@H]2CCc3sc(NC4CC4)c(C(=O)NCC4CC4)c3C2)cn1. The van der Waals surface area contributed by atoms with Gasteiger partial charge >= 0.3 is 5.97 Å². The van der Waals surface area contributed by atoms with Crippen LogP contribution < -0.4 is 10.6 Å². The molecule has 0 radical (unpaired) electrons. The van der Waals surface area contributed by atoms with Gasteiger partial charge < -0.3 is 19.9 Å². The predicted octanol–water partition coefficient (Wildman–Crippen LogP) is 3.57. The van der Waals surface area contributed by atoms with Crippen LogP contribution in [0.5, 0.6) is 0 Å². The molecule has 0 bridgehead atoms. The number of carbonyl (C=O) groups is 2. The minimum Gasteiger partial charge on any atom is -0.461 e. The summed E-state index contributed by atoms with van der Waals surface area (Å²) in [6.07, 6.45) is 11.0. The molecule has 7 nitrogen and oxygen atoms in total. The second-order valence-corrected chi connectivity index (χ2v) is 9.71. The first kappa shape index (κ1) is 19.6. The fourth-order valence-corrected chi connectivity index (χ4v) is 5.39. The summed E-state index contributed by atoms with van der Waals surface area (Å²) in [5.74, 6) is 0.323. The summed E-state index contributed by atoms with van der Waals surface area (Å²) in [5, 5.41) is 7.79. The Balaban J connectivity index is 1.38. The van der Waals surface area contributed by atoms with Crippen LogP contribution in [0.15, 0.2) is 12.5 Å². The molecule has 2 N–H and O–H groups in total. The number of hydrogen-bond acceptors (Lipinski definition) is 6. The third kappa shape index (κ3) is 4.10. The van der Waals surface area contributed by atoms with Crippen molar-refractivity contribution in [2.45, 2.75) is 64.0 Å². The summed E-state index contributed by atoms with van der Waals surface area (Å²) < 4.78 is 7.07. The van der Waals surface area contributed by atoms with Crippen molar-refractivity contribution < 1.29 is 14.3 Å². The minimum atomic E-state index is -0.389. The molecule has 160 valence electrons. The maximum atomic E-state index is 13.1. The van der Waals surface area contributed by atoms with Gasteiger partial charge in [-0.2, -0.15) is 0 Å². The van der Waals surface area contributed by atoms with Crippen molar-refractivity contribution in [3.8, 4) is 0 Å². The highest BCUT2D eigenvalue weighted by Crippen LogP contribution is 2.42. The quantitative estimate of drug-likeness (QED) is 0.628. The monoisotopic (exact) mass is 428 g/mol. The third-order valence-corrected chi connectivity index (χ3v) is 7.35. The molecular formula is C22H28N4O3S. The normalized spacial score (nSPS) is 20.5. The lowest BCUT2D eigenvalue weighted by Crippen LogP contribution is -2.28. The number of esters is 1. The van der Waals surface area contributed by atoms with Gasteiger partial charge in [-0.05, 0) is 63.4 Å². The first-order valence-corrected chi connectivity index (χ1v) is 11.8. The van der Waals surface area contributed by atoms with Gasteiger partial charge in [0.05, 0.1) is 18.5 Å². The van der Waals surface area contributed by atoms with E-state index < -0.39 is 0 Å². The zero-order valence-corrected chi connectivity index (χ0v) is 18.1. The van der Waals surface area contributed by atoms with E-state index in [1.807, 2.05) is 4.57 Å².